The van der Waals surface area contributed by atoms with Crippen molar-refractivity contribution < 1.29 is 4.39 Å². The van der Waals surface area contributed by atoms with E-state index in [0.29, 0.717) is 5.92 Å². The van der Waals surface area contributed by atoms with Crippen LogP contribution in [0.15, 0.2) is 59.6 Å². The fraction of sp³-hybridized carbons (Fsp3) is 0.381. The number of anilines is 1. The van der Waals surface area contributed by atoms with Crippen molar-refractivity contribution in [2.75, 3.05) is 38.1 Å². The molecular formula is C21H27FN4. The van der Waals surface area contributed by atoms with Crippen LogP contribution in [-0.2, 0) is 6.42 Å². The van der Waals surface area contributed by atoms with E-state index in [1.807, 2.05) is 12.1 Å². The minimum absolute atomic E-state index is 0.194. The summed E-state index contributed by atoms with van der Waals surface area (Å²) < 4.78 is 12.9. The highest BCUT2D eigenvalue weighted by Gasteiger charge is 2.22. The second kappa shape index (κ2) is 9.22. The van der Waals surface area contributed by atoms with Gasteiger partial charge in [0.05, 0.1) is 0 Å². The van der Waals surface area contributed by atoms with Crippen LogP contribution in [-0.4, -0.2) is 39.2 Å². The maximum atomic E-state index is 12.9. The highest BCUT2D eigenvalue weighted by molar-refractivity contribution is 5.79. The van der Waals surface area contributed by atoms with Crippen molar-refractivity contribution in [3.8, 4) is 0 Å². The van der Waals surface area contributed by atoms with Crippen LogP contribution in [0.4, 0.5) is 10.1 Å². The van der Waals surface area contributed by atoms with E-state index in [0.717, 1.165) is 44.1 Å². The highest BCUT2D eigenvalue weighted by atomic mass is 19.1. The molecular weight excluding hydrogens is 327 g/mol. The molecule has 138 valence electrons. The lowest BCUT2D eigenvalue weighted by Crippen LogP contribution is -2.41. The summed E-state index contributed by atoms with van der Waals surface area (Å²) in [6, 6.07) is 17.2. The van der Waals surface area contributed by atoms with Crippen molar-refractivity contribution in [1.29, 1.82) is 0 Å². The molecule has 0 aromatic heterocycles. The van der Waals surface area contributed by atoms with Gasteiger partial charge in [-0.2, -0.15) is 0 Å². The van der Waals surface area contributed by atoms with Gasteiger partial charge in [-0.15, -0.1) is 0 Å². The number of aliphatic imine (C=N–C) groups is 1. The summed E-state index contributed by atoms with van der Waals surface area (Å²) in [4.78, 5) is 6.73. The van der Waals surface area contributed by atoms with Crippen LogP contribution in [0, 0.1) is 11.7 Å². The lowest BCUT2D eigenvalue weighted by molar-refractivity contribution is 0.566. The molecule has 0 radical (unpaired) electrons. The minimum atomic E-state index is -0.194. The normalized spacial score (nSPS) is 17.4. The van der Waals surface area contributed by atoms with Crippen molar-refractivity contribution in [3.05, 3.63) is 66.0 Å². The van der Waals surface area contributed by atoms with Crippen molar-refractivity contribution in [1.82, 2.24) is 10.6 Å². The van der Waals surface area contributed by atoms with E-state index < -0.39 is 0 Å². The topological polar surface area (TPSA) is 39.7 Å². The molecule has 3 rings (SSSR count). The van der Waals surface area contributed by atoms with Crippen molar-refractivity contribution >= 4 is 11.6 Å². The third-order valence-corrected chi connectivity index (χ3v) is 4.81. The van der Waals surface area contributed by atoms with Gasteiger partial charge in [0.25, 0.3) is 0 Å². The molecule has 0 aliphatic carbocycles. The molecule has 26 heavy (non-hydrogen) atoms. The Morgan fingerprint density at radius 3 is 2.62 bits per heavy atom. The van der Waals surface area contributed by atoms with Gasteiger partial charge in [-0.25, -0.2) is 4.39 Å². The maximum absolute atomic E-state index is 12.9. The summed E-state index contributed by atoms with van der Waals surface area (Å²) in [6.07, 6.45) is 2.03. The van der Waals surface area contributed by atoms with Crippen LogP contribution in [0.3, 0.4) is 0 Å². The van der Waals surface area contributed by atoms with Crippen LogP contribution >= 0.6 is 0 Å². The van der Waals surface area contributed by atoms with Gasteiger partial charge in [0.2, 0.25) is 0 Å². The SMILES string of the molecule is CN=C(NCCc1ccc(F)cc1)NCC1CCN(c2ccccc2)C1. The van der Waals surface area contributed by atoms with E-state index in [4.69, 9.17) is 0 Å². The van der Waals surface area contributed by atoms with Crippen molar-refractivity contribution in [2.45, 2.75) is 12.8 Å². The molecule has 1 saturated heterocycles. The number of rotatable bonds is 6. The number of nitrogens with zero attached hydrogens (tertiary/aromatic N) is 2. The van der Waals surface area contributed by atoms with Crippen LogP contribution in [0.25, 0.3) is 0 Å². The zero-order valence-corrected chi connectivity index (χ0v) is 15.3. The first-order valence-electron chi connectivity index (χ1n) is 9.23. The van der Waals surface area contributed by atoms with Crippen LogP contribution in [0.5, 0.6) is 0 Å². The summed E-state index contributed by atoms with van der Waals surface area (Å²) in [7, 11) is 1.79. The number of guanidine groups is 1. The fourth-order valence-corrected chi connectivity index (χ4v) is 3.31. The van der Waals surface area contributed by atoms with E-state index in [2.05, 4.69) is 50.9 Å². The monoisotopic (exact) mass is 354 g/mol. The van der Waals surface area contributed by atoms with Gasteiger partial charge in [-0.1, -0.05) is 30.3 Å². The van der Waals surface area contributed by atoms with E-state index in [-0.39, 0.29) is 5.82 Å². The number of benzene rings is 2. The second-order valence-electron chi connectivity index (χ2n) is 6.69. The Labute approximate surface area is 155 Å². The highest BCUT2D eigenvalue weighted by Crippen LogP contribution is 2.22. The molecule has 2 aromatic rings. The standard InChI is InChI=1S/C21H27FN4/c1-23-21(24-13-11-17-7-9-19(22)10-8-17)25-15-18-12-14-26(16-18)20-5-3-2-4-6-20/h2-10,18H,11-16H2,1H3,(H2,23,24,25). The van der Waals surface area contributed by atoms with E-state index in [1.54, 1.807) is 7.05 Å². The van der Waals surface area contributed by atoms with Gasteiger partial charge in [0.15, 0.2) is 5.96 Å². The molecule has 1 unspecified atom stereocenters. The number of hydrogen-bond acceptors (Lipinski definition) is 2. The van der Waals surface area contributed by atoms with Gasteiger partial charge < -0.3 is 15.5 Å². The third-order valence-electron chi connectivity index (χ3n) is 4.81. The summed E-state index contributed by atoms with van der Waals surface area (Å²) in [5.41, 5.74) is 2.42. The minimum Gasteiger partial charge on any atom is -0.371 e. The number of para-hydroxylation sites is 1. The Morgan fingerprint density at radius 1 is 1.12 bits per heavy atom. The number of hydrogen-bond donors (Lipinski definition) is 2. The molecule has 1 heterocycles. The van der Waals surface area contributed by atoms with Gasteiger partial charge >= 0.3 is 0 Å². The molecule has 2 aromatic carbocycles. The Kier molecular flexibility index (Phi) is 6.47. The van der Waals surface area contributed by atoms with Gasteiger partial charge in [0, 0.05) is 38.9 Å². The number of halogens is 1. The Bertz CT molecular complexity index is 700. The maximum Gasteiger partial charge on any atom is 0.190 e. The van der Waals surface area contributed by atoms with Crippen molar-refractivity contribution in [2.24, 2.45) is 10.9 Å². The third kappa shape index (κ3) is 5.22. The average Bonchev–Trinajstić information content (AvgIpc) is 3.16. The Balaban J connectivity index is 1.38. The first-order valence-corrected chi connectivity index (χ1v) is 9.23. The lowest BCUT2D eigenvalue weighted by Gasteiger charge is -2.19. The van der Waals surface area contributed by atoms with E-state index in [9.17, 15) is 4.39 Å². The molecule has 2 N–H and O–H groups in total. The average molecular weight is 354 g/mol. The lowest BCUT2D eigenvalue weighted by atomic mass is 10.1. The molecule has 0 spiro atoms. The van der Waals surface area contributed by atoms with Gasteiger partial charge in [0.1, 0.15) is 5.82 Å². The van der Waals surface area contributed by atoms with Gasteiger partial charge in [-0.05, 0) is 48.6 Å². The molecule has 1 fully saturated rings. The summed E-state index contributed by atoms with van der Waals surface area (Å²) >= 11 is 0. The van der Waals surface area contributed by atoms with Gasteiger partial charge in [-0.3, -0.25) is 4.99 Å². The smallest absolute Gasteiger partial charge is 0.190 e. The first-order chi connectivity index (χ1) is 12.7. The predicted molar refractivity (Wildman–Crippen MR) is 106 cm³/mol. The van der Waals surface area contributed by atoms with E-state index in [1.165, 1.54) is 24.2 Å². The quantitative estimate of drug-likeness (QED) is 0.619. The predicted octanol–water partition coefficient (Wildman–Crippen LogP) is 3.06. The summed E-state index contributed by atoms with van der Waals surface area (Å²) in [5, 5.41) is 6.76. The van der Waals surface area contributed by atoms with Crippen LogP contribution in [0.1, 0.15) is 12.0 Å². The van der Waals surface area contributed by atoms with Crippen LogP contribution in [0.2, 0.25) is 0 Å². The Hall–Kier alpha value is -2.56. The molecule has 5 heteroatoms. The molecule has 0 saturated carbocycles. The molecule has 1 aliphatic heterocycles. The largest absolute Gasteiger partial charge is 0.371 e. The molecule has 1 atom stereocenters. The Morgan fingerprint density at radius 2 is 1.88 bits per heavy atom. The molecule has 4 nitrogen and oxygen atoms in total. The van der Waals surface area contributed by atoms with E-state index >= 15 is 0 Å². The first kappa shape index (κ1) is 18.2. The molecule has 0 amide bonds. The summed E-state index contributed by atoms with van der Waals surface area (Å²) in [6.45, 7) is 3.86. The summed E-state index contributed by atoms with van der Waals surface area (Å²) in [5.74, 6) is 1.25. The number of nitrogens with one attached hydrogen (secondary N) is 2. The zero-order valence-electron chi connectivity index (χ0n) is 15.3. The zero-order chi connectivity index (χ0) is 18.2. The fourth-order valence-electron chi connectivity index (χ4n) is 3.31. The van der Waals surface area contributed by atoms with Crippen LogP contribution < -0.4 is 15.5 Å². The molecule has 0 bridgehead atoms. The second-order valence-corrected chi connectivity index (χ2v) is 6.69. The van der Waals surface area contributed by atoms with Crippen molar-refractivity contribution in [3.63, 3.8) is 0 Å². The molecule has 1 aliphatic rings.